The van der Waals surface area contributed by atoms with Crippen LogP contribution >= 0.6 is 23.1 Å². The number of nitrogens with one attached hydrogen (secondary N) is 2. The molecule has 5 nitrogen and oxygen atoms in total. The Bertz CT molecular complexity index is 875. The zero-order valence-corrected chi connectivity index (χ0v) is 16.4. The summed E-state index contributed by atoms with van der Waals surface area (Å²) in [6.07, 6.45) is 0. The van der Waals surface area contributed by atoms with Gasteiger partial charge in [0.15, 0.2) is 4.34 Å². The molecule has 0 radical (unpaired) electrons. The minimum atomic E-state index is -0.272. The number of aromatic nitrogens is 2. The van der Waals surface area contributed by atoms with E-state index >= 15 is 0 Å². The van der Waals surface area contributed by atoms with Crippen molar-refractivity contribution in [2.45, 2.75) is 30.4 Å². The number of carbonyl (C=O) groups excluding carboxylic acids is 1. The van der Waals surface area contributed by atoms with Gasteiger partial charge < -0.3 is 10.6 Å². The average molecular weight is 385 g/mol. The topological polar surface area (TPSA) is 66.9 Å². The summed E-state index contributed by atoms with van der Waals surface area (Å²) in [5, 5.41) is 15.0. The summed E-state index contributed by atoms with van der Waals surface area (Å²) >= 11 is 2.84. The first-order chi connectivity index (χ1) is 12.5. The lowest BCUT2D eigenvalue weighted by Gasteiger charge is -2.14. The largest absolute Gasteiger partial charge is 0.330 e. The third-order valence-electron chi connectivity index (χ3n) is 3.81. The number of rotatable bonds is 6. The summed E-state index contributed by atoms with van der Waals surface area (Å²) in [6, 6.07) is 15.8. The Morgan fingerprint density at radius 1 is 1.04 bits per heavy atom. The molecular formula is C19H20N4OS2. The molecule has 3 aromatic rings. The van der Waals surface area contributed by atoms with E-state index in [1.807, 2.05) is 69.3 Å². The van der Waals surface area contributed by atoms with Crippen LogP contribution in [0.4, 0.5) is 16.5 Å². The fourth-order valence-corrected chi connectivity index (χ4v) is 4.31. The Balaban J connectivity index is 1.61. The molecule has 134 valence electrons. The van der Waals surface area contributed by atoms with Crippen LogP contribution in [-0.4, -0.2) is 21.4 Å². The first kappa shape index (κ1) is 18.4. The van der Waals surface area contributed by atoms with E-state index in [1.54, 1.807) is 0 Å². The quantitative estimate of drug-likeness (QED) is 0.584. The number of anilines is 3. The molecule has 1 heterocycles. The summed E-state index contributed by atoms with van der Waals surface area (Å²) in [7, 11) is 0. The van der Waals surface area contributed by atoms with Crippen LogP contribution < -0.4 is 10.6 Å². The van der Waals surface area contributed by atoms with Crippen molar-refractivity contribution in [2.24, 2.45) is 0 Å². The van der Waals surface area contributed by atoms with E-state index in [0.29, 0.717) is 5.13 Å². The van der Waals surface area contributed by atoms with Crippen LogP contribution in [0.3, 0.4) is 0 Å². The van der Waals surface area contributed by atoms with E-state index in [-0.39, 0.29) is 11.2 Å². The van der Waals surface area contributed by atoms with Gasteiger partial charge in [0.2, 0.25) is 11.0 Å². The number of thioether (sulfide) groups is 1. The molecule has 0 fully saturated rings. The second-order valence-corrected chi connectivity index (χ2v) is 8.45. The number of para-hydroxylation sites is 2. The normalized spacial score (nSPS) is 11.8. The van der Waals surface area contributed by atoms with Crippen molar-refractivity contribution in [2.75, 3.05) is 10.6 Å². The molecule has 0 aliphatic heterocycles. The van der Waals surface area contributed by atoms with Crippen LogP contribution in [0.15, 0.2) is 52.9 Å². The summed E-state index contributed by atoms with van der Waals surface area (Å²) in [6.45, 7) is 5.86. The summed E-state index contributed by atoms with van der Waals surface area (Å²) in [5.41, 5.74) is 3.95. The highest BCUT2D eigenvalue weighted by Gasteiger charge is 2.18. The highest BCUT2D eigenvalue weighted by atomic mass is 32.2. The molecule has 0 bridgehead atoms. The zero-order valence-electron chi connectivity index (χ0n) is 14.8. The average Bonchev–Trinajstić information content (AvgIpc) is 3.05. The van der Waals surface area contributed by atoms with Gasteiger partial charge in [0.1, 0.15) is 0 Å². The molecule has 3 rings (SSSR count). The van der Waals surface area contributed by atoms with E-state index in [2.05, 4.69) is 20.8 Å². The predicted octanol–water partition coefficient (Wildman–Crippen LogP) is 5.02. The highest BCUT2D eigenvalue weighted by Crippen LogP contribution is 2.31. The van der Waals surface area contributed by atoms with Crippen molar-refractivity contribution < 1.29 is 4.79 Å². The second kappa shape index (κ2) is 8.33. The van der Waals surface area contributed by atoms with E-state index in [9.17, 15) is 4.79 Å². The lowest BCUT2D eigenvalue weighted by Crippen LogP contribution is -2.23. The lowest BCUT2D eigenvalue weighted by atomic mass is 10.1. The van der Waals surface area contributed by atoms with Crippen molar-refractivity contribution in [1.29, 1.82) is 0 Å². The van der Waals surface area contributed by atoms with Crippen LogP contribution in [0, 0.1) is 13.8 Å². The summed E-state index contributed by atoms with van der Waals surface area (Å²) in [4.78, 5) is 12.5. The van der Waals surface area contributed by atoms with Crippen molar-refractivity contribution in [1.82, 2.24) is 10.2 Å². The van der Waals surface area contributed by atoms with Crippen LogP contribution in [0.2, 0.25) is 0 Å². The maximum atomic E-state index is 12.5. The van der Waals surface area contributed by atoms with Crippen LogP contribution in [0.5, 0.6) is 0 Å². The maximum Gasteiger partial charge on any atom is 0.237 e. The van der Waals surface area contributed by atoms with E-state index in [0.717, 1.165) is 26.8 Å². The first-order valence-electron chi connectivity index (χ1n) is 8.22. The molecule has 2 N–H and O–H groups in total. The fraction of sp³-hybridized carbons (Fsp3) is 0.211. The maximum absolute atomic E-state index is 12.5. The zero-order chi connectivity index (χ0) is 18.5. The Labute approximate surface area is 161 Å². The fourth-order valence-electron chi connectivity index (χ4n) is 2.39. The van der Waals surface area contributed by atoms with Gasteiger partial charge in [-0.1, -0.05) is 59.5 Å². The van der Waals surface area contributed by atoms with Crippen LogP contribution in [-0.2, 0) is 4.79 Å². The van der Waals surface area contributed by atoms with Gasteiger partial charge in [-0.15, -0.1) is 10.2 Å². The summed E-state index contributed by atoms with van der Waals surface area (Å²) in [5.74, 6) is -0.0415. The monoisotopic (exact) mass is 384 g/mol. The lowest BCUT2D eigenvalue weighted by molar-refractivity contribution is -0.115. The summed E-state index contributed by atoms with van der Waals surface area (Å²) < 4.78 is 0.757. The molecule has 7 heteroatoms. The van der Waals surface area contributed by atoms with E-state index < -0.39 is 0 Å². The van der Waals surface area contributed by atoms with Gasteiger partial charge in [0.25, 0.3) is 0 Å². The minimum Gasteiger partial charge on any atom is -0.330 e. The minimum absolute atomic E-state index is 0.0415. The number of benzene rings is 2. The van der Waals surface area contributed by atoms with E-state index in [1.165, 1.54) is 23.1 Å². The number of nitrogens with zero attached hydrogens (tertiary/aromatic N) is 2. The molecule has 1 amide bonds. The first-order valence-corrected chi connectivity index (χ1v) is 9.92. The van der Waals surface area contributed by atoms with Crippen molar-refractivity contribution in [3.63, 3.8) is 0 Å². The van der Waals surface area contributed by atoms with Crippen molar-refractivity contribution in [3.05, 3.63) is 59.7 Å². The number of carbonyl (C=O) groups is 1. The number of aryl methyl sites for hydroxylation is 2. The third kappa shape index (κ3) is 4.62. The third-order valence-corrected chi connectivity index (χ3v) is 5.83. The molecule has 1 aromatic heterocycles. The standard InChI is InChI=1S/C19H20N4OS2/c1-12-8-7-9-13(2)16(12)21-17(24)14(3)25-19-23-22-18(26-19)20-15-10-5-4-6-11-15/h4-11,14H,1-3H3,(H,20,22)(H,21,24)/t14-/m1/s1. The van der Waals surface area contributed by atoms with Gasteiger partial charge in [-0.05, 0) is 44.0 Å². The second-order valence-electron chi connectivity index (χ2n) is 5.88. The molecule has 0 saturated carbocycles. The van der Waals surface area contributed by atoms with Gasteiger partial charge in [-0.25, -0.2) is 0 Å². The molecule has 0 saturated heterocycles. The molecule has 0 aliphatic carbocycles. The number of amides is 1. The van der Waals surface area contributed by atoms with Gasteiger partial charge in [-0.3, -0.25) is 4.79 Å². The Morgan fingerprint density at radius 3 is 2.42 bits per heavy atom. The molecule has 0 aliphatic rings. The molecule has 26 heavy (non-hydrogen) atoms. The van der Waals surface area contributed by atoms with Crippen molar-refractivity contribution in [3.8, 4) is 0 Å². The van der Waals surface area contributed by atoms with Gasteiger partial charge >= 0.3 is 0 Å². The number of hydrogen-bond acceptors (Lipinski definition) is 6. The Kier molecular flexibility index (Phi) is 5.90. The SMILES string of the molecule is Cc1cccc(C)c1NC(=O)[C@@H](C)Sc1nnc(Nc2ccccc2)s1. The number of hydrogen-bond donors (Lipinski definition) is 2. The molecule has 0 spiro atoms. The van der Waals surface area contributed by atoms with Gasteiger partial charge in [0, 0.05) is 11.4 Å². The van der Waals surface area contributed by atoms with Crippen molar-refractivity contribution >= 4 is 45.5 Å². The smallest absolute Gasteiger partial charge is 0.237 e. The molecule has 2 aromatic carbocycles. The molecule has 0 unspecified atom stereocenters. The van der Waals surface area contributed by atoms with E-state index in [4.69, 9.17) is 0 Å². The Hall–Kier alpha value is -2.38. The molecule has 1 atom stereocenters. The molecular weight excluding hydrogens is 364 g/mol. The van der Waals surface area contributed by atoms with Gasteiger partial charge in [0.05, 0.1) is 5.25 Å². The Morgan fingerprint density at radius 2 is 1.73 bits per heavy atom. The highest BCUT2D eigenvalue weighted by molar-refractivity contribution is 8.02. The van der Waals surface area contributed by atoms with Gasteiger partial charge in [-0.2, -0.15) is 0 Å². The predicted molar refractivity (Wildman–Crippen MR) is 109 cm³/mol. The van der Waals surface area contributed by atoms with Crippen LogP contribution in [0.25, 0.3) is 0 Å². The van der Waals surface area contributed by atoms with Crippen LogP contribution in [0.1, 0.15) is 18.1 Å².